The minimum Gasteiger partial charge on any atom is -0.493 e. The lowest BCUT2D eigenvalue weighted by atomic mass is 10.2. The number of nitrogens with zero attached hydrogens (tertiary/aromatic N) is 1. The quantitative estimate of drug-likeness (QED) is 0.816. The molecule has 0 radical (unpaired) electrons. The molecule has 0 unspecified atom stereocenters. The molecule has 2 rings (SSSR count). The van der Waals surface area contributed by atoms with Gasteiger partial charge in [0.25, 0.3) is 0 Å². The molecule has 1 saturated heterocycles. The maximum Gasteiger partial charge on any atom is 0.161 e. The van der Waals surface area contributed by atoms with E-state index in [9.17, 15) is 0 Å². The zero-order chi connectivity index (χ0) is 13.7. The monoisotopic (exact) mass is 265 g/mol. The standard InChI is InChI=1S/C15H23NO3/c1-12-11-19-13(2)10-16(12)8-9-18-15-7-5-4-6-14(15)17-3/h4-7,12-13H,8-11H2,1-3H3/t12-,13-/m1/s1. The summed E-state index contributed by atoms with van der Waals surface area (Å²) in [6.07, 6.45) is 0.308. The molecular formula is C15H23NO3. The number of ether oxygens (including phenoxy) is 3. The molecule has 0 aromatic heterocycles. The summed E-state index contributed by atoms with van der Waals surface area (Å²) in [7, 11) is 1.66. The van der Waals surface area contributed by atoms with Gasteiger partial charge >= 0.3 is 0 Å². The first-order chi connectivity index (χ1) is 9.20. The van der Waals surface area contributed by atoms with E-state index in [2.05, 4.69) is 18.7 Å². The minimum atomic E-state index is 0.308. The molecule has 2 atom stereocenters. The van der Waals surface area contributed by atoms with Crippen LogP contribution in [0.1, 0.15) is 13.8 Å². The average molecular weight is 265 g/mol. The highest BCUT2D eigenvalue weighted by atomic mass is 16.5. The van der Waals surface area contributed by atoms with E-state index in [4.69, 9.17) is 14.2 Å². The van der Waals surface area contributed by atoms with Gasteiger partial charge in [-0.25, -0.2) is 0 Å². The maximum absolute atomic E-state index is 5.81. The van der Waals surface area contributed by atoms with E-state index in [1.165, 1.54) is 0 Å². The van der Waals surface area contributed by atoms with E-state index < -0.39 is 0 Å². The lowest BCUT2D eigenvalue weighted by molar-refractivity contribution is -0.0523. The molecule has 1 aromatic carbocycles. The van der Waals surface area contributed by atoms with E-state index in [1.807, 2.05) is 24.3 Å². The Labute approximate surface area is 115 Å². The highest BCUT2D eigenvalue weighted by molar-refractivity contribution is 5.39. The Bertz CT molecular complexity index is 397. The Morgan fingerprint density at radius 3 is 2.74 bits per heavy atom. The fourth-order valence-electron chi connectivity index (χ4n) is 2.29. The molecule has 0 bridgehead atoms. The zero-order valence-corrected chi connectivity index (χ0v) is 12.0. The summed E-state index contributed by atoms with van der Waals surface area (Å²) < 4.78 is 16.7. The smallest absolute Gasteiger partial charge is 0.161 e. The van der Waals surface area contributed by atoms with Gasteiger partial charge < -0.3 is 14.2 Å². The third-order valence-electron chi connectivity index (χ3n) is 3.44. The van der Waals surface area contributed by atoms with Crippen LogP contribution in [0.25, 0.3) is 0 Å². The number of rotatable bonds is 5. The molecule has 1 aliphatic heterocycles. The van der Waals surface area contributed by atoms with Crippen LogP contribution in [-0.2, 0) is 4.74 Å². The predicted octanol–water partition coefficient (Wildman–Crippen LogP) is 2.18. The van der Waals surface area contributed by atoms with Crippen LogP contribution in [0, 0.1) is 0 Å². The Morgan fingerprint density at radius 2 is 2.00 bits per heavy atom. The van der Waals surface area contributed by atoms with Gasteiger partial charge in [-0.15, -0.1) is 0 Å². The normalized spacial score (nSPS) is 24.2. The lowest BCUT2D eigenvalue weighted by Crippen LogP contribution is -2.48. The van der Waals surface area contributed by atoms with E-state index >= 15 is 0 Å². The number of morpholine rings is 1. The fraction of sp³-hybridized carbons (Fsp3) is 0.600. The van der Waals surface area contributed by atoms with Gasteiger partial charge in [0, 0.05) is 19.1 Å². The highest BCUT2D eigenvalue weighted by Crippen LogP contribution is 2.25. The average Bonchev–Trinajstić information content (AvgIpc) is 2.43. The van der Waals surface area contributed by atoms with Crippen molar-refractivity contribution in [3.05, 3.63) is 24.3 Å². The molecule has 1 fully saturated rings. The largest absolute Gasteiger partial charge is 0.493 e. The molecule has 4 nitrogen and oxygen atoms in total. The molecule has 0 aliphatic carbocycles. The van der Waals surface area contributed by atoms with Crippen LogP contribution in [0.3, 0.4) is 0 Å². The van der Waals surface area contributed by atoms with Crippen molar-refractivity contribution in [2.75, 3.05) is 33.4 Å². The Hall–Kier alpha value is -1.26. The van der Waals surface area contributed by atoms with Gasteiger partial charge in [0.1, 0.15) is 6.61 Å². The van der Waals surface area contributed by atoms with Gasteiger partial charge in [0.2, 0.25) is 0 Å². The van der Waals surface area contributed by atoms with Gasteiger partial charge in [-0.05, 0) is 26.0 Å². The number of para-hydroxylation sites is 2. The fourth-order valence-corrected chi connectivity index (χ4v) is 2.29. The van der Waals surface area contributed by atoms with Crippen molar-refractivity contribution < 1.29 is 14.2 Å². The third kappa shape index (κ3) is 3.85. The van der Waals surface area contributed by atoms with Crippen LogP contribution in [0.15, 0.2) is 24.3 Å². The molecule has 0 amide bonds. The van der Waals surface area contributed by atoms with Gasteiger partial charge in [0.05, 0.1) is 19.8 Å². The Morgan fingerprint density at radius 1 is 1.26 bits per heavy atom. The van der Waals surface area contributed by atoms with Gasteiger partial charge in [0.15, 0.2) is 11.5 Å². The number of hydrogen-bond acceptors (Lipinski definition) is 4. The molecule has 1 aliphatic rings. The summed E-state index contributed by atoms with van der Waals surface area (Å²) in [5.41, 5.74) is 0. The van der Waals surface area contributed by atoms with E-state index in [0.717, 1.165) is 31.2 Å². The van der Waals surface area contributed by atoms with Crippen molar-refractivity contribution in [3.63, 3.8) is 0 Å². The molecular weight excluding hydrogens is 242 g/mol. The van der Waals surface area contributed by atoms with Crippen LogP contribution in [0.5, 0.6) is 11.5 Å². The molecule has 4 heteroatoms. The van der Waals surface area contributed by atoms with Crippen molar-refractivity contribution in [2.45, 2.75) is 26.0 Å². The van der Waals surface area contributed by atoms with Crippen molar-refractivity contribution in [1.29, 1.82) is 0 Å². The molecule has 0 spiro atoms. The molecule has 1 heterocycles. The van der Waals surface area contributed by atoms with Crippen molar-refractivity contribution in [3.8, 4) is 11.5 Å². The predicted molar refractivity (Wildman–Crippen MR) is 74.9 cm³/mol. The molecule has 1 aromatic rings. The highest BCUT2D eigenvalue weighted by Gasteiger charge is 2.22. The van der Waals surface area contributed by atoms with Crippen molar-refractivity contribution in [2.24, 2.45) is 0 Å². The van der Waals surface area contributed by atoms with Gasteiger partial charge in [-0.1, -0.05) is 12.1 Å². The van der Waals surface area contributed by atoms with Crippen molar-refractivity contribution >= 4 is 0 Å². The second kappa shape index (κ2) is 6.78. The SMILES string of the molecule is COc1ccccc1OCCN1C[C@@H](C)OC[C@H]1C. The van der Waals surface area contributed by atoms with E-state index in [0.29, 0.717) is 18.8 Å². The van der Waals surface area contributed by atoms with Crippen molar-refractivity contribution in [1.82, 2.24) is 4.90 Å². The molecule has 19 heavy (non-hydrogen) atoms. The molecule has 0 saturated carbocycles. The first-order valence-electron chi connectivity index (χ1n) is 6.82. The summed E-state index contributed by atoms with van der Waals surface area (Å²) in [6, 6.07) is 8.20. The van der Waals surface area contributed by atoms with E-state index in [-0.39, 0.29) is 0 Å². The lowest BCUT2D eigenvalue weighted by Gasteiger charge is -2.36. The number of hydrogen-bond donors (Lipinski definition) is 0. The van der Waals surface area contributed by atoms with Gasteiger partial charge in [-0.2, -0.15) is 0 Å². The second-order valence-corrected chi connectivity index (χ2v) is 4.99. The summed E-state index contributed by atoms with van der Waals surface area (Å²) in [5, 5.41) is 0. The third-order valence-corrected chi connectivity index (χ3v) is 3.44. The van der Waals surface area contributed by atoms with Crippen LogP contribution in [-0.4, -0.2) is 50.5 Å². The summed E-state index contributed by atoms with van der Waals surface area (Å²) in [4.78, 5) is 2.41. The topological polar surface area (TPSA) is 30.9 Å². The number of benzene rings is 1. The Kier molecular flexibility index (Phi) is 5.05. The van der Waals surface area contributed by atoms with E-state index in [1.54, 1.807) is 7.11 Å². The van der Waals surface area contributed by atoms with Crippen LogP contribution >= 0.6 is 0 Å². The summed E-state index contributed by atoms with van der Waals surface area (Å²) in [5.74, 6) is 1.59. The maximum atomic E-state index is 5.81. The van der Waals surface area contributed by atoms with Crippen LogP contribution in [0.2, 0.25) is 0 Å². The van der Waals surface area contributed by atoms with Gasteiger partial charge in [-0.3, -0.25) is 4.90 Å². The van der Waals surface area contributed by atoms with Crippen LogP contribution in [0.4, 0.5) is 0 Å². The second-order valence-electron chi connectivity index (χ2n) is 4.99. The van der Waals surface area contributed by atoms with Crippen LogP contribution < -0.4 is 9.47 Å². The summed E-state index contributed by atoms with van der Waals surface area (Å²) >= 11 is 0. The Balaban J connectivity index is 1.82. The first-order valence-corrected chi connectivity index (χ1v) is 6.82. The molecule has 106 valence electrons. The minimum absolute atomic E-state index is 0.308. The summed E-state index contributed by atoms with van der Waals surface area (Å²) in [6.45, 7) is 7.64. The zero-order valence-electron chi connectivity index (χ0n) is 12.0. The first kappa shape index (κ1) is 14.2. The number of methoxy groups -OCH3 is 1. The molecule has 0 N–H and O–H groups in total.